The summed E-state index contributed by atoms with van der Waals surface area (Å²) in [5.74, 6) is 0. The molecule has 23 heavy (non-hydrogen) atoms. The van der Waals surface area contributed by atoms with Crippen molar-refractivity contribution in [1.29, 1.82) is 0 Å². The molecule has 1 rings (SSSR count). The topological polar surface area (TPSA) is 27.7 Å². The van der Waals surface area contributed by atoms with Crippen LogP contribution >= 0.6 is 0 Å². The number of rotatable bonds is 11. The minimum Gasteiger partial charge on any atom is -0.501 e. The average Bonchev–Trinajstić information content (AvgIpc) is 2.58. The molecule has 3 nitrogen and oxygen atoms in total. The maximum atomic E-state index is 5.52. The highest BCUT2D eigenvalue weighted by Crippen LogP contribution is 2.19. The summed E-state index contributed by atoms with van der Waals surface area (Å²) in [6.45, 7) is 11.1. The molecule has 0 aliphatic carbocycles. The highest BCUT2D eigenvalue weighted by Gasteiger charge is 1.99. The Hall–Kier alpha value is -1.74. The zero-order valence-corrected chi connectivity index (χ0v) is 14.9. The fourth-order valence-corrected chi connectivity index (χ4v) is 1.97. The van der Waals surface area contributed by atoms with Crippen LogP contribution in [0.5, 0.6) is 0 Å². The largest absolute Gasteiger partial charge is 0.501 e. The van der Waals surface area contributed by atoms with Crippen LogP contribution in [-0.2, 0) is 14.2 Å². The molecule has 0 atom stereocenters. The Morgan fingerprint density at radius 2 is 1.22 bits per heavy atom. The second kappa shape index (κ2) is 11.8. The van der Waals surface area contributed by atoms with Gasteiger partial charge in [-0.25, -0.2) is 0 Å². The molecule has 0 aliphatic rings. The summed E-state index contributed by atoms with van der Waals surface area (Å²) in [6, 6.07) is 8.43. The summed E-state index contributed by atoms with van der Waals surface area (Å²) in [6.07, 6.45) is 5.70. The molecule has 0 bridgehead atoms. The molecule has 3 heteroatoms. The molecule has 0 aromatic heterocycles. The number of hydrogen-bond donors (Lipinski definition) is 0. The van der Waals surface area contributed by atoms with Gasteiger partial charge in [-0.15, -0.1) is 0 Å². The van der Waals surface area contributed by atoms with Crippen molar-refractivity contribution in [2.75, 3.05) is 26.4 Å². The van der Waals surface area contributed by atoms with Crippen molar-refractivity contribution in [1.82, 2.24) is 0 Å². The minimum absolute atomic E-state index is 0.589. The third kappa shape index (κ3) is 7.89. The van der Waals surface area contributed by atoms with Crippen molar-refractivity contribution >= 4 is 11.1 Å². The summed E-state index contributed by atoms with van der Waals surface area (Å²) in [7, 11) is 0. The van der Waals surface area contributed by atoms with E-state index in [0.717, 1.165) is 42.8 Å². The van der Waals surface area contributed by atoms with E-state index in [0.29, 0.717) is 13.2 Å². The zero-order valence-electron chi connectivity index (χ0n) is 14.9. The van der Waals surface area contributed by atoms with E-state index in [4.69, 9.17) is 14.2 Å². The van der Waals surface area contributed by atoms with Crippen molar-refractivity contribution in [2.24, 2.45) is 0 Å². The van der Waals surface area contributed by atoms with Crippen LogP contribution in [-0.4, -0.2) is 26.4 Å². The summed E-state index contributed by atoms with van der Waals surface area (Å²) < 4.78 is 16.4. The van der Waals surface area contributed by atoms with Crippen LogP contribution < -0.4 is 0 Å². The van der Waals surface area contributed by atoms with Crippen LogP contribution in [0.25, 0.3) is 11.1 Å². The Morgan fingerprint density at radius 3 is 1.70 bits per heavy atom. The highest BCUT2D eigenvalue weighted by atomic mass is 16.5. The molecule has 1 aromatic rings. The van der Waals surface area contributed by atoms with E-state index in [1.165, 1.54) is 5.56 Å². The molecule has 0 unspecified atom stereocenters. The lowest BCUT2D eigenvalue weighted by molar-refractivity contribution is 0.0856. The quantitative estimate of drug-likeness (QED) is 0.410. The average molecular weight is 318 g/mol. The predicted octanol–water partition coefficient (Wildman–Crippen LogP) is 5.28. The van der Waals surface area contributed by atoms with E-state index in [1.807, 2.05) is 6.26 Å². The van der Waals surface area contributed by atoms with Gasteiger partial charge in [0.25, 0.3) is 0 Å². The maximum absolute atomic E-state index is 5.52. The van der Waals surface area contributed by atoms with Crippen molar-refractivity contribution in [3.05, 3.63) is 47.9 Å². The summed E-state index contributed by atoms with van der Waals surface area (Å²) in [4.78, 5) is 0. The molecule has 0 spiro atoms. The lowest BCUT2D eigenvalue weighted by Gasteiger charge is -2.07. The number of benzene rings is 1. The van der Waals surface area contributed by atoms with Gasteiger partial charge in [-0.2, -0.15) is 0 Å². The van der Waals surface area contributed by atoms with Gasteiger partial charge in [0, 0.05) is 6.61 Å². The van der Waals surface area contributed by atoms with Crippen LogP contribution in [0.4, 0.5) is 0 Å². The Bertz CT molecular complexity index is 486. The third-order valence-corrected chi connectivity index (χ3v) is 3.33. The van der Waals surface area contributed by atoms with Gasteiger partial charge in [0.15, 0.2) is 0 Å². The summed E-state index contributed by atoms with van der Waals surface area (Å²) in [5.41, 5.74) is 4.57. The van der Waals surface area contributed by atoms with E-state index in [9.17, 15) is 0 Å². The van der Waals surface area contributed by atoms with Crippen LogP contribution in [0.15, 0.2) is 36.8 Å². The molecule has 0 radical (unpaired) electrons. The predicted molar refractivity (Wildman–Crippen MR) is 97.0 cm³/mol. The Balaban J connectivity index is 2.49. The third-order valence-electron chi connectivity index (χ3n) is 3.33. The maximum Gasteiger partial charge on any atom is 0.111 e. The molecule has 0 N–H and O–H groups in total. The van der Waals surface area contributed by atoms with E-state index < -0.39 is 0 Å². The first-order valence-corrected chi connectivity index (χ1v) is 8.44. The zero-order chi connectivity index (χ0) is 16.9. The van der Waals surface area contributed by atoms with Gasteiger partial charge in [-0.05, 0) is 49.0 Å². The smallest absolute Gasteiger partial charge is 0.111 e. The molecule has 1 aromatic carbocycles. The SMILES string of the molecule is CCCOC=C(C)c1ccc(C(C)=COCCOCCC)cc1. The van der Waals surface area contributed by atoms with Crippen LogP contribution in [0, 0.1) is 0 Å². The number of ether oxygens (including phenoxy) is 3. The fourth-order valence-electron chi connectivity index (χ4n) is 1.97. The van der Waals surface area contributed by atoms with Gasteiger partial charge >= 0.3 is 0 Å². The molecular formula is C20H30O3. The van der Waals surface area contributed by atoms with E-state index >= 15 is 0 Å². The molecule has 0 heterocycles. The monoisotopic (exact) mass is 318 g/mol. The first kappa shape index (κ1) is 19.3. The molecule has 0 saturated heterocycles. The molecule has 0 amide bonds. The Kier molecular flexibility index (Phi) is 9.89. The molecule has 128 valence electrons. The Labute approximate surface area is 141 Å². The van der Waals surface area contributed by atoms with Gasteiger partial charge in [0.1, 0.15) is 6.61 Å². The lowest BCUT2D eigenvalue weighted by Crippen LogP contribution is -2.02. The van der Waals surface area contributed by atoms with E-state index in [2.05, 4.69) is 52.0 Å². The van der Waals surface area contributed by atoms with Crippen molar-refractivity contribution in [2.45, 2.75) is 40.5 Å². The van der Waals surface area contributed by atoms with Gasteiger partial charge in [-0.1, -0.05) is 38.1 Å². The summed E-state index contributed by atoms with van der Waals surface area (Å²) in [5, 5.41) is 0. The number of hydrogen-bond acceptors (Lipinski definition) is 3. The highest BCUT2D eigenvalue weighted by molar-refractivity contribution is 5.68. The molecular weight excluding hydrogens is 288 g/mol. The van der Waals surface area contributed by atoms with Gasteiger partial charge < -0.3 is 14.2 Å². The fraction of sp³-hybridized carbons (Fsp3) is 0.500. The summed E-state index contributed by atoms with van der Waals surface area (Å²) >= 11 is 0. The van der Waals surface area contributed by atoms with Gasteiger partial charge in [-0.3, -0.25) is 0 Å². The first-order chi connectivity index (χ1) is 11.2. The standard InChI is InChI=1S/C20H30O3/c1-5-11-21-13-14-23-16-18(4)20-9-7-19(8-10-20)17(3)15-22-12-6-2/h7-10,15-16H,5-6,11-14H2,1-4H3. The minimum atomic E-state index is 0.589. The van der Waals surface area contributed by atoms with Crippen molar-refractivity contribution in [3.63, 3.8) is 0 Å². The number of allylic oxidation sites excluding steroid dienone is 2. The van der Waals surface area contributed by atoms with Crippen molar-refractivity contribution < 1.29 is 14.2 Å². The van der Waals surface area contributed by atoms with E-state index in [-0.39, 0.29) is 0 Å². The van der Waals surface area contributed by atoms with Crippen LogP contribution in [0.1, 0.15) is 51.7 Å². The second-order valence-corrected chi connectivity index (χ2v) is 5.53. The van der Waals surface area contributed by atoms with E-state index in [1.54, 1.807) is 6.26 Å². The van der Waals surface area contributed by atoms with Crippen molar-refractivity contribution in [3.8, 4) is 0 Å². The van der Waals surface area contributed by atoms with Crippen LogP contribution in [0.2, 0.25) is 0 Å². The normalized spacial score (nSPS) is 12.3. The first-order valence-electron chi connectivity index (χ1n) is 8.44. The molecule has 0 fully saturated rings. The van der Waals surface area contributed by atoms with Crippen LogP contribution in [0.3, 0.4) is 0 Å². The lowest BCUT2D eigenvalue weighted by atomic mass is 10.0. The molecule has 0 aliphatic heterocycles. The van der Waals surface area contributed by atoms with Gasteiger partial charge in [0.2, 0.25) is 0 Å². The molecule has 0 saturated carbocycles. The Morgan fingerprint density at radius 1 is 0.739 bits per heavy atom. The van der Waals surface area contributed by atoms with Gasteiger partial charge in [0.05, 0.1) is 25.7 Å². The second-order valence-electron chi connectivity index (χ2n) is 5.53.